The van der Waals surface area contributed by atoms with Gasteiger partial charge in [0.15, 0.2) is 0 Å². The molecule has 2 atom stereocenters. The Balaban J connectivity index is 4.51. The lowest BCUT2D eigenvalue weighted by atomic mass is 10.2. The highest BCUT2D eigenvalue weighted by molar-refractivity contribution is 7.98. The lowest BCUT2D eigenvalue weighted by Gasteiger charge is -2.18. The minimum atomic E-state index is -3.42. The van der Waals surface area contributed by atoms with Gasteiger partial charge < -0.3 is 10.4 Å². The van der Waals surface area contributed by atoms with E-state index in [1.165, 1.54) is 6.92 Å². The first-order valence-corrected chi connectivity index (χ1v) is 8.81. The van der Waals surface area contributed by atoms with E-state index in [9.17, 15) is 13.2 Å². The Bertz CT molecular complexity index is 344. The van der Waals surface area contributed by atoms with Gasteiger partial charge in [-0.3, -0.25) is 4.79 Å². The van der Waals surface area contributed by atoms with Crippen molar-refractivity contribution in [1.29, 1.82) is 0 Å². The second-order valence-electron chi connectivity index (χ2n) is 3.95. The molecule has 0 heterocycles. The molecule has 0 saturated heterocycles. The summed E-state index contributed by atoms with van der Waals surface area (Å²) in [5.74, 6) is 0.216. The van der Waals surface area contributed by atoms with Gasteiger partial charge in [0.25, 0.3) is 0 Å². The molecule has 0 aromatic rings. The number of hydrogen-bond acceptors (Lipinski definition) is 5. The molecule has 108 valence electrons. The molecular weight excluding hydrogens is 276 g/mol. The van der Waals surface area contributed by atoms with Gasteiger partial charge in [-0.2, -0.15) is 11.8 Å². The molecule has 1 unspecified atom stereocenters. The van der Waals surface area contributed by atoms with Gasteiger partial charge in [-0.1, -0.05) is 0 Å². The summed E-state index contributed by atoms with van der Waals surface area (Å²) in [4.78, 5) is 11.8. The Morgan fingerprint density at radius 2 is 2.06 bits per heavy atom. The van der Waals surface area contributed by atoms with Gasteiger partial charge in [0.05, 0.1) is 11.9 Å². The van der Waals surface area contributed by atoms with Crippen molar-refractivity contribution in [2.45, 2.75) is 32.4 Å². The van der Waals surface area contributed by atoms with Crippen LogP contribution in [0.4, 0.5) is 0 Å². The monoisotopic (exact) mass is 298 g/mol. The number of carbonyl (C=O) groups is 1. The Hall–Kier alpha value is -0.310. The van der Waals surface area contributed by atoms with Crippen LogP contribution < -0.4 is 10.0 Å². The molecule has 0 aliphatic carbocycles. The van der Waals surface area contributed by atoms with Gasteiger partial charge in [-0.25, -0.2) is 13.1 Å². The van der Waals surface area contributed by atoms with Crippen molar-refractivity contribution in [2.75, 3.05) is 24.3 Å². The molecule has 0 aliphatic heterocycles. The highest BCUT2D eigenvalue weighted by Crippen LogP contribution is 2.03. The predicted octanol–water partition coefficient (Wildman–Crippen LogP) is -0.456. The SMILES string of the molecule is CCS(=O)(=O)NC(CCSC)C(=O)NC[C@@H](C)O. The average Bonchev–Trinajstić information content (AvgIpc) is 2.31. The molecule has 0 radical (unpaired) electrons. The van der Waals surface area contributed by atoms with Crippen molar-refractivity contribution >= 4 is 27.7 Å². The van der Waals surface area contributed by atoms with E-state index >= 15 is 0 Å². The number of nitrogens with one attached hydrogen (secondary N) is 2. The van der Waals surface area contributed by atoms with Crippen molar-refractivity contribution in [3.8, 4) is 0 Å². The van der Waals surface area contributed by atoms with Crippen LogP contribution in [0.3, 0.4) is 0 Å². The molecule has 6 nitrogen and oxygen atoms in total. The topological polar surface area (TPSA) is 95.5 Å². The van der Waals surface area contributed by atoms with E-state index in [0.717, 1.165) is 0 Å². The standard InChI is InChI=1S/C10H22N2O4S2/c1-4-18(15,16)12-9(5-6-17-3)10(14)11-7-8(2)13/h8-9,12-13H,4-7H2,1-3H3,(H,11,14)/t8-,9?/m1/s1. The zero-order valence-corrected chi connectivity index (χ0v) is 12.6. The summed E-state index contributed by atoms with van der Waals surface area (Å²) in [6.07, 6.45) is 1.66. The van der Waals surface area contributed by atoms with Crippen LogP contribution in [0, 0.1) is 0 Å². The highest BCUT2D eigenvalue weighted by Gasteiger charge is 2.22. The maximum atomic E-state index is 11.8. The summed E-state index contributed by atoms with van der Waals surface area (Å²) in [6, 6.07) is -0.777. The molecule has 0 rings (SSSR count). The van der Waals surface area contributed by atoms with Crippen LogP contribution in [0.2, 0.25) is 0 Å². The van der Waals surface area contributed by atoms with Gasteiger partial charge >= 0.3 is 0 Å². The van der Waals surface area contributed by atoms with Crippen LogP contribution in [0.1, 0.15) is 20.3 Å². The maximum Gasteiger partial charge on any atom is 0.238 e. The minimum absolute atomic E-state index is 0.0630. The van der Waals surface area contributed by atoms with Crippen LogP contribution in [-0.4, -0.2) is 55.9 Å². The third kappa shape index (κ3) is 7.91. The second-order valence-corrected chi connectivity index (χ2v) is 6.98. The Morgan fingerprint density at radius 3 is 2.50 bits per heavy atom. The fourth-order valence-electron chi connectivity index (χ4n) is 1.15. The van der Waals surface area contributed by atoms with E-state index in [1.807, 2.05) is 6.26 Å². The summed E-state index contributed by atoms with van der Waals surface area (Å²) in [7, 11) is -3.42. The van der Waals surface area contributed by atoms with E-state index in [0.29, 0.717) is 12.2 Å². The molecule has 3 N–H and O–H groups in total. The zero-order valence-electron chi connectivity index (χ0n) is 11.0. The summed E-state index contributed by atoms with van der Waals surface area (Å²) in [5, 5.41) is 11.6. The number of rotatable bonds is 9. The van der Waals surface area contributed by atoms with E-state index < -0.39 is 28.1 Å². The number of hydrogen-bond donors (Lipinski definition) is 3. The average molecular weight is 298 g/mol. The number of amides is 1. The second kappa shape index (κ2) is 8.73. The maximum absolute atomic E-state index is 11.8. The number of thioether (sulfide) groups is 1. The lowest BCUT2D eigenvalue weighted by molar-refractivity contribution is -0.123. The highest BCUT2D eigenvalue weighted by atomic mass is 32.2. The first-order valence-electron chi connectivity index (χ1n) is 5.77. The molecule has 0 aromatic heterocycles. The van der Waals surface area contributed by atoms with E-state index in [4.69, 9.17) is 5.11 Å². The van der Waals surface area contributed by atoms with Crippen LogP contribution in [-0.2, 0) is 14.8 Å². The minimum Gasteiger partial charge on any atom is -0.392 e. The van der Waals surface area contributed by atoms with E-state index in [1.54, 1.807) is 18.7 Å². The van der Waals surface area contributed by atoms with Crippen molar-refractivity contribution in [3.05, 3.63) is 0 Å². The predicted molar refractivity (Wildman–Crippen MR) is 74.1 cm³/mol. The van der Waals surface area contributed by atoms with Crippen molar-refractivity contribution < 1.29 is 18.3 Å². The normalized spacial score (nSPS) is 15.1. The van der Waals surface area contributed by atoms with E-state index in [2.05, 4.69) is 10.0 Å². The molecule has 8 heteroatoms. The van der Waals surface area contributed by atoms with Gasteiger partial charge in [0, 0.05) is 6.54 Å². The van der Waals surface area contributed by atoms with Gasteiger partial charge in [0.2, 0.25) is 15.9 Å². The Labute approximate surface area is 113 Å². The van der Waals surface area contributed by atoms with Crippen LogP contribution >= 0.6 is 11.8 Å². The Morgan fingerprint density at radius 1 is 1.44 bits per heavy atom. The van der Waals surface area contributed by atoms with Gasteiger partial charge in [-0.05, 0) is 32.3 Å². The van der Waals surface area contributed by atoms with Gasteiger partial charge in [0.1, 0.15) is 6.04 Å². The molecule has 0 spiro atoms. The largest absolute Gasteiger partial charge is 0.392 e. The first kappa shape index (κ1) is 17.7. The zero-order chi connectivity index (χ0) is 14.2. The number of sulfonamides is 1. The number of aliphatic hydroxyl groups excluding tert-OH is 1. The summed E-state index contributed by atoms with van der Waals surface area (Å²) in [6.45, 7) is 3.18. The van der Waals surface area contributed by atoms with Crippen LogP contribution in [0.5, 0.6) is 0 Å². The summed E-state index contributed by atoms with van der Waals surface area (Å²) >= 11 is 1.54. The smallest absolute Gasteiger partial charge is 0.238 e. The van der Waals surface area contributed by atoms with Crippen LogP contribution in [0.25, 0.3) is 0 Å². The van der Waals surface area contributed by atoms with Crippen molar-refractivity contribution in [2.24, 2.45) is 0 Å². The molecule has 1 amide bonds. The quantitative estimate of drug-likeness (QED) is 0.535. The van der Waals surface area contributed by atoms with Crippen molar-refractivity contribution in [3.63, 3.8) is 0 Å². The molecule has 0 aliphatic rings. The van der Waals surface area contributed by atoms with Crippen molar-refractivity contribution in [1.82, 2.24) is 10.0 Å². The van der Waals surface area contributed by atoms with Gasteiger partial charge in [-0.15, -0.1) is 0 Å². The van der Waals surface area contributed by atoms with E-state index in [-0.39, 0.29) is 12.3 Å². The number of carbonyl (C=O) groups excluding carboxylic acids is 1. The fraction of sp³-hybridized carbons (Fsp3) is 0.900. The molecule has 0 aromatic carbocycles. The Kier molecular flexibility index (Phi) is 8.58. The number of aliphatic hydroxyl groups is 1. The third-order valence-corrected chi connectivity index (χ3v) is 4.25. The molecule has 0 saturated carbocycles. The summed E-state index contributed by atoms with van der Waals surface area (Å²) < 4.78 is 25.3. The third-order valence-electron chi connectivity index (χ3n) is 2.20. The lowest BCUT2D eigenvalue weighted by Crippen LogP contribution is -2.48. The first-order chi connectivity index (χ1) is 8.32. The molecule has 0 fully saturated rings. The summed E-state index contributed by atoms with van der Waals surface area (Å²) in [5.41, 5.74) is 0. The van der Waals surface area contributed by atoms with Crippen LogP contribution in [0.15, 0.2) is 0 Å². The fourth-order valence-corrected chi connectivity index (χ4v) is 2.45. The molecular formula is C10H22N2O4S2. The molecule has 0 bridgehead atoms. The molecule has 18 heavy (non-hydrogen) atoms.